The molecule has 0 aliphatic carbocycles. The van der Waals surface area contributed by atoms with E-state index < -0.39 is 0 Å². The molecule has 0 atom stereocenters. The van der Waals surface area contributed by atoms with Gasteiger partial charge in [-0.3, -0.25) is 4.79 Å². The first-order valence-corrected chi connectivity index (χ1v) is 7.06. The maximum atomic E-state index is 12.3. The monoisotopic (exact) mass is 273 g/mol. The summed E-state index contributed by atoms with van der Waals surface area (Å²) < 4.78 is 0. The van der Waals surface area contributed by atoms with Crippen molar-refractivity contribution in [1.29, 1.82) is 0 Å². The average Bonchev–Trinajstić information content (AvgIpc) is 2.45. The minimum Gasteiger partial charge on any atom is -0.384 e. The van der Waals surface area contributed by atoms with Crippen LogP contribution in [-0.2, 0) is 0 Å². The largest absolute Gasteiger partial charge is 0.384 e. The number of aryl methyl sites for hydroxylation is 1. The van der Waals surface area contributed by atoms with Gasteiger partial charge in [0, 0.05) is 24.7 Å². The highest BCUT2D eigenvalue weighted by Crippen LogP contribution is 2.12. The molecule has 1 aromatic carbocycles. The summed E-state index contributed by atoms with van der Waals surface area (Å²) in [6, 6.07) is 5.53. The van der Waals surface area contributed by atoms with Crippen molar-refractivity contribution in [2.24, 2.45) is 0 Å². The summed E-state index contributed by atoms with van der Waals surface area (Å²) in [5.41, 5.74) is 2.46. The Bertz CT molecular complexity index is 511. The molecule has 0 bridgehead atoms. The standard InChI is InChI=1S/C17H23NO2/c1-4-5-6-11-18(3)17(20)16-10-9-14(2)15(13-16)8-7-12-19/h9-10,13,19H,4-6,11-12H2,1-3H3. The van der Waals surface area contributed by atoms with Gasteiger partial charge in [0.15, 0.2) is 0 Å². The maximum absolute atomic E-state index is 12.3. The van der Waals surface area contributed by atoms with Gasteiger partial charge in [0.25, 0.3) is 5.91 Å². The van der Waals surface area contributed by atoms with E-state index in [1.54, 1.807) is 11.0 Å². The zero-order chi connectivity index (χ0) is 15.0. The van der Waals surface area contributed by atoms with E-state index in [0.717, 1.165) is 36.9 Å². The Balaban J connectivity index is 2.82. The lowest BCUT2D eigenvalue weighted by molar-refractivity contribution is 0.0792. The van der Waals surface area contributed by atoms with Crippen LogP contribution in [0.25, 0.3) is 0 Å². The molecular formula is C17H23NO2. The Morgan fingerprint density at radius 2 is 2.10 bits per heavy atom. The molecule has 0 saturated carbocycles. The third-order valence-corrected chi connectivity index (χ3v) is 3.23. The molecule has 1 rings (SSSR count). The van der Waals surface area contributed by atoms with Crippen molar-refractivity contribution in [3.8, 4) is 11.8 Å². The SMILES string of the molecule is CCCCCN(C)C(=O)c1ccc(C)c(C#CCO)c1. The second kappa shape index (κ2) is 8.39. The first kappa shape index (κ1) is 16.3. The molecule has 0 aliphatic heterocycles. The Morgan fingerprint density at radius 3 is 2.75 bits per heavy atom. The lowest BCUT2D eigenvalue weighted by Gasteiger charge is -2.17. The molecule has 0 saturated heterocycles. The number of hydrogen-bond acceptors (Lipinski definition) is 2. The van der Waals surface area contributed by atoms with Crippen LogP contribution >= 0.6 is 0 Å². The molecule has 20 heavy (non-hydrogen) atoms. The number of carbonyl (C=O) groups is 1. The molecule has 0 fully saturated rings. The third-order valence-electron chi connectivity index (χ3n) is 3.23. The van der Waals surface area contributed by atoms with Crippen LogP contribution in [0.15, 0.2) is 18.2 Å². The molecule has 3 nitrogen and oxygen atoms in total. The molecular weight excluding hydrogens is 250 g/mol. The van der Waals surface area contributed by atoms with E-state index in [4.69, 9.17) is 5.11 Å². The summed E-state index contributed by atoms with van der Waals surface area (Å²) in [5.74, 6) is 5.52. The van der Waals surface area contributed by atoms with Crippen LogP contribution in [0.1, 0.15) is 47.7 Å². The Morgan fingerprint density at radius 1 is 1.35 bits per heavy atom. The number of carbonyl (C=O) groups excluding carboxylic acids is 1. The van der Waals surface area contributed by atoms with E-state index in [2.05, 4.69) is 18.8 Å². The van der Waals surface area contributed by atoms with Crippen LogP contribution in [0, 0.1) is 18.8 Å². The van der Waals surface area contributed by atoms with Gasteiger partial charge in [0.2, 0.25) is 0 Å². The van der Waals surface area contributed by atoms with E-state index >= 15 is 0 Å². The second-order valence-corrected chi connectivity index (χ2v) is 4.92. The molecule has 0 heterocycles. The Labute approximate surface area is 121 Å². The molecule has 108 valence electrons. The Kier molecular flexibility index (Phi) is 6.83. The van der Waals surface area contributed by atoms with Crippen LogP contribution in [-0.4, -0.2) is 36.1 Å². The normalized spacial score (nSPS) is 9.80. The fourth-order valence-corrected chi connectivity index (χ4v) is 1.95. The molecule has 0 unspecified atom stereocenters. The summed E-state index contributed by atoms with van der Waals surface area (Å²) in [7, 11) is 1.83. The predicted octanol–water partition coefficient (Wildman–Crippen LogP) is 2.60. The molecule has 0 aromatic heterocycles. The van der Waals surface area contributed by atoms with Crippen LogP contribution in [0.3, 0.4) is 0 Å². The van der Waals surface area contributed by atoms with Crippen LogP contribution < -0.4 is 0 Å². The number of nitrogens with zero attached hydrogens (tertiary/aromatic N) is 1. The first-order chi connectivity index (χ1) is 9.60. The number of hydrogen-bond donors (Lipinski definition) is 1. The van der Waals surface area contributed by atoms with Crippen molar-refractivity contribution in [2.45, 2.75) is 33.1 Å². The second-order valence-electron chi connectivity index (χ2n) is 4.92. The fourth-order valence-electron chi connectivity index (χ4n) is 1.95. The lowest BCUT2D eigenvalue weighted by atomic mass is 10.0. The number of benzene rings is 1. The van der Waals surface area contributed by atoms with Crippen molar-refractivity contribution in [3.05, 3.63) is 34.9 Å². The summed E-state index contributed by atoms with van der Waals surface area (Å²) >= 11 is 0. The topological polar surface area (TPSA) is 40.5 Å². The number of aliphatic hydroxyl groups excluding tert-OH is 1. The van der Waals surface area contributed by atoms with Crippen molar-refractivity contribution in [3.63, 3.8) is 0 Å². The van der Waals surface area contributed by atoms with Gasteiger partial charge in [-0.1, -0.05) is 37.7 Å². The van der Waals surface area contributed by atoms with E-state index in [1.165, 1.54) is 0 Å². The fraction of sp³-hybridized carbons (Fsp3) is 0.471. The zero-order valence-electron chi connectivity index (χ0n) is 12.6. The van der Waals surface area contributed by atoms with E-state index in [-0.39, 0.29) is 12.5 Å². The highest BCUT2D eigenvalue weighted by molar-refractivity contribution is 5.94. The summed E-state index contributed by atoms with van der Waals surface area (Å²) in [6.07, 6.45) is 3.31. The van der Waals surface area contributed by atoms with Crippen molar-refractivity contribution < 1.29 is 9.90 Å². The van der Waals surface area contributed by atoms with Gasteiger partial charge in [0.1, 0.15) is 6.61 Å². The number of unbranched alkanes of at least 4 members (excludes halogenated alkanes) is 2. The van der Waals surface area contributed by atoms with Crippen molar-refractivity contribution in [2.75, 3.05) is 20.2 Å². The number of rotatable bonds is 5. The van der Waals surface area contributed by atoms with Gasteiger partial charge in [-0.15, -0.1) is 0 Å². The molecule has 3 heteroatoms. The van der Waals surface area contributed by atoms with E-state index in [9.17, 15) is 4.79 Å². The molecule has 1 amide bonds. The van der Waals surface area contributed by atoms with E-state index in [1.807, 2.05) is 26.1 Å². The predicted molar refractivity (Wildman–Crippen MR) is 81.6 cm³/mol. The number of aliphatic hydroxyl groups is 1. The van der Waals surface area contributed by atoms with Gasteiger partial charge in [-0.05, 0) is 31.0 Å². The summed E-state index contributed by atoms with van der Waals surface area (Å²) in [4.78, 5) is 14.1. The van der Waals surface area contributed by atoms with Gasteiger partial charge in [-0.2, -0.15) is 0 Å². The molecule has 1 aromatic rings. The first-order valence-electron chi connectivity index (χ1n) is 7.06. The highest BCUT2D eigenvalue weighted by Gasteiger charge is 2.12. The van der Waals surface area contributed by atoms with Crippen molar-refractivity contribution >= 4 is 5.91 Å². The third kappa shape index (κ3) is 4.71. The molecule has 0 aliphatic rings. The molecule has 1 N–H and O–H groups in total. The van der Waals surface area contributed by atoms with Crippen LogP contribution in [0.5, 0.6) is 0 Å². The maximum Gasteiger partial charge on any atom is 0.253 e. The highest BCUT2D eigenvalue weighted by atomic mass is 16.2. The minimum atomic E-state index is -0.172. The smallest absolute Gasteiger partial charge is 0.253 e. The van der Waals surface area contributed by atoms with Crippen LogP contribution in [0.2, 0.25) is 0 Å². The summed E-state index contributed by atoms with van der Waals surface area (Å²) in [6.45, 7) is 4.70. The van der Waals surface area contributed by atoms with Gasteiger partial charge >= 0.3 is 0 Å². The van der Waals surface area contributed by atoms with Crippen molar-refractivity contribution in [1.82, 2.24) is 4.90 Å². The molecule has 0 spiro atoms. The van der Waals surface area contributed by atoms with Gasteiger partial charge < -0.3 is 10.0 Å². The summed E-state index contributed by atoms with van der Waals surface area (Å²) in [5, 5.41) is 8.76. The zero-order valence-corrected chi connectivity index (χ0v) is 12.6. The molecule has 0 radical (unpaired) electrons. The van der Waals surface area contributed by atoms with Gasteiger partial charge in [0.05, 0.1) is 0 Å². The van der Waals surface area contributed by atoms with E-state index in [0.29, 0.717) is 5.56 Å². The quantitative estimate of drug-likeness (QED) is 0.662. The average molecular weight is 273 g/mol. The van der Waals surface area contributed by atoms with Gasteiger partial charge in [-0.25, -0.2) is 0 Å². The van der Waals surface area contributed by atoms with Crippen LogP contribution in [0.4, 0.5) is 0 Å². The minimum absolute atomic E-state index is 0.0214. The lowest BCUT2D eigenvalue weighted by Crippen LogP contribution is -2.27. The Hall–Kier alpha value is -1.79. The number of amides is 1.